The Hall–Kier alpha value is -0.610. The summed E-state index contributed by atoms with van der Waals surface area (Å²) in [6, 6.07) is 1.12. The number of nitrogens with two attached hydrogens (primary N) is 1. The summed E-state index contributed by atoms with van der Waals surface area (Å²) in [7, 11) is 1.96. The highest BCUT2D eigenvalue weighted by Gasteiger charge is 2.32. The third kappa shape index (κ3) is 3.93. The number of likely N-dealkylation sites (tertiary alicyclic amines) is 1. The zero-order valence-electron chi connectivity index (χ0n) is 12.6. The number of piperidine rings is 1. The van der Waals surface area contributed by atoms with Crippen LogP contribution in [0, 0.1) is 5.92 Å². The van der Waals surface area contributed by atoms with Crippen molar-refractivity contribution in [3.63, 3.8) is 0 Å². The molecule has 2 aliphatic rings. The lowest BCUT2D eigenvalue weighted by Crippen LogP contribution is -2.48. The number of rotatable bonds is 5. The van der Waals surface area contributed by atoms with Gasteiger partial charge in [0.25, 0.3) is 0 Å². The van der Waals surface area contributed by atoms with Crippen LogP contribution in [0.2, 0.25) is 0 Å². The quantitative estimate of drug-likeness (QED) is 0.820. The van der Waals surface area contributed by atoms with E-state index in [1.165, 1.54) is 12.8 Å². The molecule has 0 spiro atoms. The van der Waals surface area contributed by atoms with Crippen molar-refractivity contribution in [2.24, 2.45) is 11.7 Å². The van der Waals surface area contributed by atoms with Crippen LogP contribution in [0.1, 0.15) is 46.0 Å². The van der Waals surface area contributed by atoms with Crippen LogP contribution in [0.15, 0.2) is 0 Å². The highest BCUT2D eigenvalue weighted by molar-refractivity contribution is 5.77. The highest BCUT2D eigenvalue weighted by Crippen LogP contribution is 2.33. The predicted molar refractivity (Wildman–Crippen MR) is 77.8 cm³/mol. The van der Waals surface area contributed by atoms with E-state index in [-0.39, 0.29) is 11.9 Å². The maximum atomic E-state index is 12.2. The summed E-state index contributed by atoms with van der Waals surface area (Å²) in [5.74, 6) is 0.850. The summed E-state index contributed by atoms with van der Waals surface area (Å²) in [6.45, 7) is 6.69. The summed E-state index contributed by atoms with van der Waals surface area (Å²) in [5.41, 5.74) is 6.05. The topological polar surface area (TPSA) is 49.6 Å². The molecule has 2 rings (SSSR count). The number of carbonyl (C=O) groups is 1. The van der Waals surface area contributed by atoms with Gasteiger partial charge in [-0.3, -0.25) is 4.79 Å². The van der Waals surface area contributed by atoms with Crippen molar-refractivity contribution in [2.75, 3.05) is 20.1 Å². The monoisotopic (exact) mass is 267 g/mol. The Kier molecular flexibility index (Phi) is 4.85. The molecule has 1 unspecified atom stereocenters. The van der Waals surface area contributed by atoms with Gasteiger partial charge >= 0.3 is 0 Å². The Morgan fingerprint density at radius 1 is 1.26 bits per heavy atom. The maximum absolute atomic E-state index is 12.2. The minimum Gasteiger partial charge on any atom is -0.343 e. The van der Waals surface area contributed by atoms with E-state index in [1.54, 1.807) is 0 Å². The van der Waals surface area contributed by atoms with E-state index >= 15 is 0 Å². The van der Waals surface area contributed by atoms with Crippen LogP contribution in [-0.4, -0.2) is 54.0 Å². The van der Waals surface area contributed by atoms with Gasteiger partial charge in [0.1, 0.15) is 0 Å². The molecule has 1 amide bonds. The van der Waals surface area contributed by atoms with Crippen molar-refractivity contribution in [3.8, 4) is 0 Å². The second kappa shape index (κ2) is 6.23. The van der Waals surface area contributed by atoms with Crippen molar-refractivity contribution in [1.29, 1.82) is 0 Å². The van der Waals surface area contributed by atoms with Gasteiger partial charge in [-0.05, 0) is 45.4 Å². The summed E-state index contributed by atoms with van der Waals surface area (Å²) < 4.78 is 0. The van der Waals surface area contributed by atoms with Gasteiger partial charge in [0.2, 0.25) is 5.91 Å². The number of nitrogens with zero attached hydrogens (tertiary/aromatic N) is 2. The van der Waals surface area contributed by atoms with Crippen LogP contribution in [0.3, 0.4) is 0 Å². The third-order valence-electron chi connectivity index (χ3n) is 4.81. The first-order valence-corrected chi connectivity index (χ1v) is 7.74. The Balaban J connectivity index is 1.76. The molecule has 19 heavy (non-hydrogen) atoms. The lowest BCUT2D eigenvalue weighted by Gasteiger charge is -2.38. The molecule has 2 fully saturated rings. The van der Waals surface area contributed by atoms with Crippen molar-refractivity contribution in [3.05, 3.63) is 0 Å². The summed E-state index contributed by atoms with van der Waals surface area (Å²) in [6.07, 6.45) is 5.15. The number of amides is 1. The molecule has 4 nitrogen and oxygen atoms in total. The van der Waals surface area contributed by atoms with Gasteiger partial charge in [0, 0.05) is 44.7 Å². The Labute approximate surface area is 117 Å². The van der Waals surface area contributed by atoms with Crippen LogP contribution in [-0.2, 0) is 4.79 Å². The number of carbonyl (C=O) groups excluding carboxylic acids is 1. The summed E-state index contributed by atoms with van der Waals surface area (Å²) >= 11 is 0. The minimum absolute atomic E-state index is 0.0886. The van der Waals surface area contributed by atoms with Gasteiger partial charge in [-0.15, -0.1) is 0 Å². The molecule has 0 aromatic heterocycles. The zero-order chi connectivity index (χ0) is 14.0. The molecule has 1 atom stereocenters. The van der Waals surface area contributed by atoms with E-state index in [1.807, 2.05) is 11.9 Å². The van der Waals surface area contributed by atoms with Crippen molar-refractivity contribution in [1.82, 2.24) is 9.80 Å². The highest BCUT2D eigenvalue weighted by atomic mass is 16.2. The normalized spacial score (nSPS) is 23.6. The van der Waals surface area contributed by atoms with Gasteiger partial charge < -0.3 is 15.5 Å². The summed E-state index contributed by atoms with van der Waals surface area (Å²) in [4.78, 5) is 16.7. The van der Waals surface area contributed by atoms with Gasteiger partial charge in [-0.2, -0.15) is 0 Å². The minimum atomic E-state index is 0.0886. The molecule has 1 saturated heterocycles. The zero-order valence-corrected chi connectivity index (χ0v) is 12.6. The van der Waals surface area contributed by atoms with Gasteiger partial charge in [0.05, 0.1) is 0 Å². The van der Waals surface area contributed by atoms with Crippen LogP contribution in [0.5, 0.6) is 0 Å². The van der Waals surface area contributed by atoms with Gasteiger partial charge in [0.15, 0.2) is 0 Å². The SMILES string of the molecule is CC(C)N1CCC(N(C)C(=O)CC(N)C2CC2)CC1. The first-order chi connectivity index (χ1) is 8.99. The van der Waals surface area contributed by atoms with Crippen LogP contribution in [0.4, 0.5) is 0 Å². The molecular weight excluding hydrogens is 238 g/mol. The summed E-state index contributed by atoms with van der Waals surface area (Å²) in [5, 5.41) is 0. The maximum Gasteiger partial charge on any atom is 0.224 e. The molecular formula is C15H29N3O. The smallest absolute Gasteiger partial charge is 0.224 e. The second-order valence-corrected chi connectivity index (χ2v) is 6.57. The van der Waals surface area contributed by atoms with E-state index in [0.717, 1.165) is 25.9 Å². The second-order valence-electron chi connectivity index (χ2n) is 6.57. The molecule has 0 aromatic carbocycles. The molecule has 0 aromatic rings. The average Bonchev–Trinajstić information content (AvgIpc) is 3.22. The van der Waals surface area contributed by atoms with E-state index in [9.17, 15) is 4.79 Å². The van der Waals surface area contributed by atoms with Crippen LogP contribution >= 0.6 is 0 Å². The van der Waals surface area contributed by atoms with Crippen molar-refractivity contribution < 1.29 is 4.79 Å². The largest absolute Gasteiger partial charge is 0.343 e. The van der Waals surface area contributed by atoms with Crippen molar-refractivity contribution in [2.45, 2.75) is 64.1 Å². The van der Waals surface area contributed by atoms with E-state index in [0.29, 0.717) is 24.4 Å². The Morgan fingerprint density at radius 2 is 1.84 bits per heavy atom. The first-order valence-electron chi connectivity index (χ1n) is 7.74. The molecule has 1 aliphatic heterocycles. The van der Waals surface area contributed by atoms with Gasteiger partial charge in [-0.1, -0.05) is 0 Å². The fourth-order valence-electron chi connectivity index (χ4n) is 3.03. The molecule has 1 aliphatic carbocycles. The predicted octanol–water partition coefficient (Wildman–Crippen LogP) is 1.45. The van der Waals surface area contributed by atoms with Gasteiger partial charge in [-0.25, -0.2) is 0 Å². The lowest BCUT2D eigenvalue weighted by atomic mass is 10.0. The van der Waals surface area contributed by atoms with Crippen molar-refractivity contribution >= 4 is 5.91 Å². The molecule has 0 bridgehead atoms. The molecule has 110 valence electrons. The van der Waals surface area contributed by atoms with Crippen LogP contribution in [0.25, 0.3) is 0 Å². The Morgan fingerprint density at radius 3 is 2.32 bits per heavy atom. The fraction of sp³-hybridized carbons (Fsp3) is 0.933. The van der Waals surface area contributed by atoms with E-state index in [4.69, 9.17) is 5.73 Å². The molecule has 1 heterocycles. The molecule has 1 saturated carbocycles. The standard InChI is InChI=1S/C15H29N3O/c1-11(2)18-8-6-13(7-9-18)17(3)15(19)10-14(16)12-4-5-12/h11-14H,4-10,16H2,1-3H3. The number of hydrogen-bond donors (Lipinski definition) is 1. The average molecular weight is 267 g/mol. The molecule has 4 heteroatoms. The third-order valence-corrected chi connectivity index (χ3v) is 4.81. The first kappa shape index (κ1) is 14.8. The van der Waals surface area contributed by atoms with Crippen LogP contribution < -0.4 is 5.73 Å². The van der Waals surface area contributed by atoms with E-state index < -0.39 is 0 Å². The molecule has 2 N–H and O–H groups in total. The molecule has 0 radical (unpaired) electrons. The number of hydrogen-bond acceptors (Lipinski definition) is 3. The lowest BCUT2D eigenvalue weighted by molar-refractivity contribution is -0.133. The Bertz CT molecular complexity index is 307. The fourth-order valence-corrected chi connectivity index (χ4v) is 3.03. The van der Waals surface area contributed by atoms with E-state index in [2.05, 4.69) is 18.7 Å².